The van der Waals surface area contributed by atoms with Crippen LogP contribution in [-0.4, -0.2) is 5.78 Å². The lowest BCUT2D eigenvalue weighted by atomic mass is 10.0. The van der Waals surface area contributed by atoms with Crippen molar-refractivity contribution in [2.45, 2.75) is 6.92 Å². The van der Waals surface area contributed by atoms with Crippen molar-refractivity contribution < 1.29 is 4.79 Å². The highest BCUT2D eigenvalue weighted by molar-refractivity contribution is 6.11. The average Bonchev–Trinajstić information content (AvgIpc) is 2.41. The summed E-state index contributed by atoms with van der Waals surface area (Å²) < 4.78 is 0. The molecule has 0 aliphatic heterocycles. The van der Waals surface area contributed by atoms with Gasteiger partial charge in [0.25, 0.3) is 0 Å². The van der Waals surface area contributed by atoms with Crippen molar-refractivity contribution in [2.24, 2.45) is 0 Å². The van der Waals surface area contributed by atoms with Gasteiger partial charge in [0, 0.05) is 11.3 Å². The minimum atomic E-state index is -0.0897. The topological polar surface area (TPSA) is 43.1 Å². The van der Waals surface area contributed by atoms with Gasteiger partial charge in [-0.15, -0.1) is 0 Å². The van der Waals surface area contributed by atoms with Crippen LogP contribution >= 0.6 is 0 Å². The average molecular weight is 239 g/mol. The van der Waals surface area contributed by atoms with Crippen LogP contribution in [0.5, 0.6) is 0 Å². The van der Waals surface area contributed by atoms with Crippen molar-refractivity contribution in [1.82, 2.24) is 0 Å². The summed E-state index contributed by atoms with van der Waals surface area (Å²) in [7, 11) is 0. The SMILES string of the molecule is C=C(C)C(=O)c1ccccc1N.c1ccccc1. The first kappa shape index (κ1) is 13.7. The van der Waals surface area contributed by atoms with Gasteiger partial charge in [0.1, 0.15) is 0 Å². The van der Waals surface area contributed by atoms with Gasteiger partial charge in [-0.25, -0.2) is 0 Å². The van der Waals surface area contributed by atoms with Crippen molar-refractivity contribution in [3.05, 3.63) is 78.4 Å². The molecular formula is C16H17NO. The van der Waals surface area contributed by atoms with Crippen LogP contribution in [0.15, 0.2) is 72.8 Å². The smallest absolute Gasteiger partial charge is 0.190 e. The van der Waals surface area contributed by atoms with Crippen LogP contribution in [0.1, 0.15) is 17.3 Å². The van der Waals surface area contributed by atoms with E-state index in [1.54, 1.807) is 31.2 Å². The summed E-state index contributed by atoms with van der Waals surface area (Å²) in [5.41, 5.74) is 7.14. The number of anilines is 1. The van der Waals surface area contributed by atoms with Crippen molar-refractivity contribution in [1.29, 1.82) is 0 Å². The van der Waals surface area contributed by atoms with Crippen LogP contribution in [0.3, 0.4) is 0 Å². The van der Waals surface area contributed by atoms with Gasteiger partial charge in [-0.2, -0.15) is 0 Å². The number of rotatable bonds is 2. The third-order valence-electron chi connectivity index (χ3n) is 2.26. The first-order valence-electron chi connectivity index (χ1n) is 5.67. The Balaban J connectivity index is 0.000000225. The van der Waals surface area contributed by atoms with Crippen molar-refractivity contribution in [3.63, 3.8) is 0 Å². The number of hydrogen-bond acceptors (Lipinski definition) is 2. The second-order valence-electron chi connectivity index (χ2n) is 3.85. The molecule has 0 bridgehead atoms. The van der Waals surface area contributed by atoms with E-state index in [4.69, 9.17) is 5.73 Å². The molecule has 0 aliphatic rings. The van der Waals surface area contributed by atoms with Gasteiger partial charge in [-0.1, -0.05) is 55.1 Å². The van der Waals surface area contributed by atoms with Crippen LogP contribution in [0.4, 0.5) is 5.69 Å². The zero-order valence-corrected chi connectivity index (χ0v) is 10.5. The van der Waals surface area contributed by atoms with Crippen LogP contribution in [0.2, 0.25) is 0 Å². The largest absolute Gasteiger partial charge is 0.398 e. The maximum Gasteiger partial charge on any atom is 0.190 e. The highest BCUT2D eigenvalue weighted by Crippen LogP contribution is 2.14. The lowest BCUT2D eigenvalue weighted by molar-refractivity contribution is 0.103. The Labute approximate surface area is 108 Å². The number of nitrogen functional groups attached to an aromatic ring is 1. The van der Waals surface area contributed by atoms with Crippen molar-refractivity contribution in [3.8, 4) is 0 Å². The lowest BCUT2D eigenvalue weighted by Crippen LogP contribution is -2.03. The number of allylic oxidation sites excluding steroid dienone is 1. The molecule has 2 nitrogen and oxygen atoms in total. The minimum Gasteiger partial charge on any atom is -0.398 e. The Bertz CT molecular complexity index is 491. The van der Waals surface area contributed by atoms with Crippen molar-refractivity contribution in [2.75, 3.05) is 5.73 Å². The van der Waals surface area contributed by atoms with E-state index in [9.17, 15) is 4.79 Å². The zero-order valence-electron chi connectivity index (χ0n) is 10.5. The monoisotopic (exact) mass is 239 g/mol. The Morgan fingerprint density at radius 2 is 1.39 bits per heavy atom. The summed E-state index contributed by atoms with van der Waals surface area (Å²) in [5.74, 6) is -0.0897. The fourth-order valence-corrected chi connectivity index (χ4v) is 1.32. The van der Waals surface area contributed by atoms with Gasteiger partial charge in [0.2, 0.25) is 0 Å². The maximum atomic E-state index is 11.4. The molecule has 2 aromatic rings. The third kappa shape index (κ3) is 4.26. The fraction of sp³-hybridized carbons (Fsp3) is 0.0625. The van der Waals surface area contributed by atoms with E-state index >= 15 is 0 Å². The van der Waals surface area contributed by atoms with Gasteiger partial charge in [0.05, 0.1) is 0 Å². The second kappa shape index (κ2) is 7.07. The molecule has 2 N–H and O–H groups in total. The summed E-state index contributed by atoms with van der Waals surface area (Å²) in [5, 5.41) is 0. The molecule has 0 atom stereocenters. The molecule has 0 saturated heterocycles. The Hall–Kier alpha value is -2.35. The van der Waals surface area contributed by atoms with E-state index in [1.807, 2.05) is 36.4 Å². The lowest BCUT2D eigenvalue weighted by Gasteiger charge is -2.02. The van der Waals surface area contributed by atoms with Gasteiger partial charge in [-0.05, 0) is 24.6 Å². The van der Waals surface area contributed by atoms with E-state index in [-0.39, 0.29) is 5.78 Å². The summed E-state index contributed by atoms with van der Waals surface area (Å²) in [4.78, 5) is 11.4. The summed E-state index contributed by atoms with van der Waals surface area (Å²) >= 11 is 0. The molecule has 0 fully saturated rings. The zero-order chi connectivity index (χ0) is 13.4. The molecule has 0 aliphatic carbocycles. The predicted octanol–water partition coefficient (Wildman–Crippen LogP) is 3.71. The Kier molecular flexibility index (Phi) is 5.39. The van der Waals surface area contributed by atoms with E-state index in [1.165, 1.54) is 0 Å². The molecule has 0 aromatic heterocycles. The standard InChI is InChI=1S/C10H11NO.C6H6/c1-7(2)10(12)8-5-3-4-6-9(8)11;1-2-4-6-5-3-1/h3-6H,1,11H2,2H3;1-6H. The molecular weight excluding hydrogens is 222 g/mol. The molecule has 0 saturated carbocycles. The van der Waals surface area contributed by atoms with Gasteiger partial charge < -0.3 is 5.73 Å². The predicted molar refractivity (Wildman–Crippen MR) is 76.4 cm³/mol. The summed E-state index contributed by atoms with van der Waals surface area (Å²) in [6.07, 6.45) is 0. The highest BCUT2D eigenvalue weighted by Gasteiger charge is 2.08. The summed E-state index contributed by atoms with van der Waals surface area (Å²) in [6.45, 7) is 5.24. The maximum absolute atomic E-state index is 11.4. The summed E-state index contributed by atoms with van der Waals surface area (Å²) in [6, 6.07) is 19.0. The van der Waals surface area contributed by atoms with Crippen molar-refractivity contribution >= 4 is 11.5 Å². The number of carbonyl (C=O) groups excluding carboxylic acids is 1. The van der Waals surface area contributed by atoms with E-state index in [2.05, 4.69) is 6.58 Å². The molecule has 0 spiro atoms. The first-order valence-corrected chi connectivity index (χ1v) is 5.67. The van der Waals surface area contributed by atoms with Gasteiger partial charge in [0.15, 0.2) is 5.78 Å². The minimum absolute atomic E-state index is 0.0897. The Morgan fingerprint density at radius 3 is 1.78 bits per heavy atom. The molecule has 18 heavy (non-hydrogen) atoms. The second-order valence-corrected chi connectivity index (χ2v) is 3.85. The number of para-hydroxylation sites is 1. The van der Waals surface area contributed by atoms with E-state index in [0.717, 1.165) is 0 Å². The highest BCUT2D eigenvalue weighted by atomic mass is 16.1. The molecule has 0 unspecified atom stereocenters. The van der Waals surface area contributed by atoms with Crippen LogP contribution < -0.4 is 5.73 Å². The van der Waals surface area contributed by atoms with Crippen LogP contribution in [0.25, 0.3) is 0 Å². The van der Waals surface area contributed by atoms with E-state index in [0.29, 0.717) is 16.8 Å². The van der Waals surface area contributed by atoms with Crippen LogP contribution in [0, 0.1) is 0 Å². The normalized spacial score (nSPS) is 8.94. The molecule has 0 amide bonds. The molecule has 0 heterocycles. The van der Waals surface area contributed by atoms with Gasteiger partial charge in [-0.3, -0.25) is 4.79 Å². The van der Waals surface area contributed by atoms with E-state index < -0.39 is 0 Å². The number of hydrogen-bond donors (Lipinski definition) is 1. The molecule has 2 rings (SSSR count). The molecule has 0 radical (unpaired) electrons. The fourth-order valence-electron chi connectivity index (χ4n) is 1.32. The van der Waals surface area contributed by atoms with Gasteiger partial charge >= 0.3 is 0 Å². The Morgan fingerprint density at radius 1 is 0.944 bits per heavy atom. The number of nitrogens with two attached hydrogens (primary N) is 1. The number of carbonyl (C=O) groups is 1. The molecule has 2 aromatic carbocycles. The third-order valence-corrected chi connectivity index (χ3v) is 2.26. The quantitative estimate of drug-likeness (QED) is 0.493. The molecule has 2 heteroatoms. The number of Topliss-reactive ketones (excluding diaryl/α,β-unsaturated/α-hetero) is 1. The number of ketones is 1. The number of benzene rings is 2. The first-order chi connectivity index (χ1) is 8.63. The molecule has 92 valence electrons. The van der Waals surface area contributed by atoms with Crippen LogP contribution in [-0.2, 0) is 0 Å².